The highest BCUT2D eigenvalue weighted by Crippen LogP contribution is 2.25. The number of likely N-dealkylation sites (tertiary alicyclic amines) is 1. The highest BCUT2D eigenvalue weighted by molar-refractivity contribution is 14.1. The fraction of sp³-hybridized carbons (Fsp3) is 0.316. The fourth-order valence-corrected chi connectivity index (χ4v) is 5.50. The molecule has 2 aromatic carbocycles. The van der Waals surface area contributed by atoms with E-state index in [4.69, 9.17) is 0 Å². The lowest BCUT2D eigenvalue weighted by Gasteiger charge is -2.28. The van der Waals surface area contributed by atoms with Crippen LogP contribution in [0, 0.1) is 9.49 Å². The van der Waals surface area contributed by atoms with Crippen LogP contribution in [-0.2, 0) is 10.0 Å². The molecule has 0 atom stereocenters. The number of sulfonamides is 1. The van der Waals surface area contributed by atoms with Gasteiger partial charge < -0.3 is 4.90 Å². The molecule has 0 aliphatic carbocycles. The Labute approximate surface area is 168 Å². The lowest BCUT2D eigenvalue weighted by Crippen LogP contribution is -2.33. The minimum atomic E-state index is -3.69. The molecule has 1 N–H and O–H groups in total. The van der Waals surface area contributed by atoms with Crippen LogP contribution < -0.4 is 4.72 Å². The van der Waals surface area contributed by atoms with Crippen LogP contribution in [0.5, 0.6) is 0 Å². The summed E-state index contributed by atoms with van der Waals surface area (Å²) < 4.78 is 28.5. The zero-order valence-electron chi connectivity index (χ0n) is 14.5. The van der Waals surface area contributed by atoms with Gasteiger partial charge >= 0.3 is 0 Å². The predicted octanol–water partition coefficient (Wildman–Crippen LogP) is 3.62. The molecule has 0 aromatic heterocycles. The van der Waals surface area contributed by atoms with Crippen molar-refractivity contribution in [3.63, 3.8) is 0 Å². The highest BCUT2D eigenvalue weighted by Gasteiger charge is 2.25. The molecule has 0 spiro atoms. The van der Waals surface area contributed by atoms with Crippen LogP contribution in [0.15, 0.2) is 53.4 Å². The first kappa shape index (κ1) is 19.3. The number of anilines is 1. The SMILES string of the molecule is CN1CCC(C(=O)c2cccc(NS(=O)(=O)c3ccccc3I)c2)CC1. The first-order chi connectivity index (χ1) is 12.4. The summed E-state index contributed by atoms with van der Waals surface area (Å²) in [6.45, 7) is 1.82. The van der Waals surface area contributed by atoms with E-state index in [1.165, 1.54) is 0 Å². The molecule has 0 saturated carbocycles. The molecule has 0 amide bonds. The number of carbonyl (C=O) groups is 1. The van der Waals surface area contributed by atoms with Crippen LogP contribution in [-0.4, -0.2) is 39.2 Å². The molecule has 2 aromatic rings. The Balaban J connectivity index is 1.79. The smallest absolute Gasteiger partial charge is 0.262 e. The van der Waals surface area contributed by atoms with Gasteiger partial charge in [0.2, 0.25) is 0 Å². The number of ketones is 1. The van der Waals surface area contributed by atoms with Crippen molar-refractivity contribution in [2.75, 3.05) is 24.9 Å². The normalized spacial score (nSPS) is 16.4. The Hall–Kier alpha value is -1.45. The molecule has 3 rings (SSSR count). The molecule has 26 heavy (non-hydrogen) atoms. The van der Waals surface area contributed by atoms with E-state index in [0.29, 0.717) is 14.8 Å². The van der Waals surface area contributed by atoms with E-state index in [0.717, 1.165) is 25.9 Å². The first-order valence-corrected chi connectivity index (χ1v) is 11.0. The number of nitrogens with zero attached hydrogens (tertiary/aromatic N) is 1. The van der Waals surface area contributed by atoms with Crippen molar-refractivity contribution in [2.24, 2.45) is 5.92 Å². The molecule has 1 aliphatic rings. The van der Waals surface area contributed by atoms with Gasteiger partial charge in [-0.25, -0.2) is 8.42 Å². The Bertz CT molecular complexity index is 907. The third-order valence-corrected chi connectivity index (χ3v) is 7.36. The van der Waals surface area contributed by atoms with Crippen molar-refractivity contribution in [3.8, 4) is 0 Å². The summed E-state index contributed by atoms with van der Waals surface area (Å²) in [5.74, 6) is 0.0987. The second-order valence-electron chi connectivity index (χ2n) is 6.56. The molecular weight excluding hydrogens is 463 g/mol. The van der Waals surface area contributed by atoms with E-state index < -0.39 is 10.0 Å². The van der Waals surface area contributed by atoms with Crippen molar-refractivity contribution in [2.45, 2.75) is 17.7 Å². The number of piperidine rings is 1. The molecule has 0 bridgehead atoms. The predicted molar refractivity (Wildman–Crippen MR) is 111 cm³/mol. The molecule has 1 aliphatic heterocycles. The van der Waals surface area contributed by atoms with E-state index in [1.54, 1.807) is 48.5 Å². The lowest BCUT2D eigenvalue weighted by atomic mass is 9.89. The summed E-state index contributed by atoms with van der Waals surface area (Å²) in [6, 6.07) is 13.6. The van der Waals surface area contributed by atoms with Crippen LogP contribution in [0.3, 0.4) is 0 Å². The summed E-state index contributed by atoms with van der Waals surface area (Å²) in [4.78, 5) is 15.2. The maximum atomic E-state index is 12.8. The van der Waals surface area contributed by atoms with Gasteiger partial charge in [-0.2, -0.15) is 0 Å². The van der Waals surface area contributed by atoms with Crippen LogP contribution in [0.1, 0.15) is 23.2 Å². The zero-order valence-corrected chi connectivity index (χ0v) is 17.5. The average molecular weight is 484 g/mol. The molecule has 5 nitrogen and oxygen atoms in total. The maximum Gasteiger partial charge on any atom is 0.262 e. The van der Waals surface area contributed by atoms with Gasteiger partial charge in [0, 0.05) is 20.7 Å². The van der Waals surface area contributed by atoms with Crippen molar-refractivity contribution >= 4 is 44.1 Å². The number of hydrogen-bond donors (Lipinski definition) is 1. The molecule has 1 saturated heterocycles. The fourth-order valence-electron chi connectivity index (χ4n) is 3.12. The zero-order chi connectivity index (χ0) is 18.7. The van der Waals surface area contributed by atoms with Crippen molar-refractivity contribution < 1.29 is 13.2 Å². The van der Waals surface area contributed by atoms with Gasteiger partial charge in [0.15, 0.2) is 5.78 Å². The quantitative estimate of drug-likeness (QED) is 0.520. The number of carbonyl (C=O) groups excluding carboxylic acids is 1. The van der Waals surface area contributed by atoms with Crippen LogP contribution in [0.4, 0.5) is 5.69 Å². The average Bonchev–Trinajstić information content (AvgIpc) is 2.62. The maximum absolute atomic E-state index is 12.8. The van der Waals surface area contributed by atoms with Gasteiger partial charge in [0.25, 0.3) is 10.0 Å². The number of rotatable bonds is 5. The summed E-state index contributed by atoms with van der Waals surface area (Å²) in [6.07, 6.45) is 1.68. The van der Waals surface area contributed by atoms with Gasteiger partial charge in [0.05, 0.1) is 0 Å². The lowest BCUT2D eigenvalue weighted by molar-refractivity contribution is 0.0857. The molecule has 0 radical (unpaired) electrons. The number of nitrogens with one attached hydrogen (secondary N) is 1. The Morgan fingerprint density at radius 1 is 1.12 bits per heavy atom. The number of Topliss-reactive ketones (excluding diaryl/α,β-unsaturated/α-hetero) is 1. The number of halogens is 1. The summed E-state index contributed by atoms with van der Waals surface area (Å²) in [5, 5.41) is 0. The van der Waals surface area contributed by atoms with Crippen LogP contribution >= 0.6 is 22.6 Å². The molecule has 7 heteroatoms. The second-order valence-corrected chi connectivity index (χ2v) is 9.37. The van der Waals surface area contributed by atoms with Crippen LogP contribution in [0.2, 0.25) is 0 Å². The summed E-state index contributed by atoms with van der Waals surface area (Å²) >= 11 is 2.00. The van der Waals surface area contributed by atoms with Gasteiger partial charge in [-0.15, -0.1) is 0 Å². The molecule has 0 unspecified atom stereocenters. The second kappa shape index (κ2) is 8.06. The van der Waals surface area contributed by atoms with Gasteiger partial charge in [-0.1, -0.05) is 24.3 Å². The van der Waals surface area contributed by atoms with E-state index in [9.17, 15) is 13.2 Å². The summed E-state index contributed by atoms with van der Waals surface area (Å²) in [5.41, 5.74) is 0.964. The number of benzene rings is 2. The van der Waals surface area contributed by atoms with E-state index in [2.05, 4.69) is 16.7 Å². The van der Waals surface area contributed by atoms with Crippen molar-refractivity contribution in [1.82, 2.24) is 4.90 Å². The molecular formula is C19H21IN2O3S. The van der Waals surface area contributed by atoms with Gasteiger partial charge in [-0.3, -0.25) is 9.52 Å². The van der Waals surface area contributed by atoms with Crippen molar-refractivity contribution in [3.05, 3.63) is 57.7 Å². The molecule has 138 valence electrons. The Morgan fingerprint density at radius 3 is 2.50 bits per heavy atom. The van der Waals surface area contributed by atoms with E-state index in [-0.39, 0.29) is 16.6 Å². The Kier molecular flexibility index (Phi) is 5.99. The molecule has 1 heterocycles. The van der Waals surface area contributed by atoms with Crippen molar-refractivity contribution in [1.29, 1.82) is 0 Å². The van der Waals surface area contributed by atoms with Gasteiger partial charge in [-0.05, 0) is 79.8 Å². The van der Waals surface area contributed by atoms with E-state index in [1.807, 2.05) is 22.6 Å². The molecule has 1 fully saturated rings. The first-order valence-electron chi connectivity index (χ1n) is 8.47. The minimum absolute atomic E-state index is 0.00753. The third-order valence-electron chi connectivity index (χ3n) is 4.61. The minimum Gasteiger partial charge on any atom is -0.306 e. The highest BCUT2D eigenvalue weighted by atomic mass is 127. The monoisotopic (exact) mass is 484 g/mol. The van der Waals surface area contributed by atoms with E-state index >= 15 is 0 Å². The topological polar surface area (TPSA) is 66.5 Å². The summed E-state index contributed by atoms with van der Waals surface area (Å²) in [7, 11) is -1.64. The third kappa shape index (κ3) is 4.44. The largest absolute Gasteiger partial charge is 0.306 e. The Morgan fingerprint density at radius 2 is 1.81 bits per heavy atom. The van der Waals surface area contributed by atoms with Crippen LogP contribution in [0.25, 0.3) is 0 Å². The van der Waals surface area contributed by atoms with Gasteiger partial charge in [0.1, 0.15) is 4.90 Å². The number of hydrogen-bond acceptors (Lipinski definition) is 4. The standard InChI is InChI=1S/C19H21IN2O3S/c1-22-11-9-14(10-12-22)19(23)15-5-4-6-16(13-15)21-26(24,25)18-8-3-2-7-17(18)20/h2-8,13-14,21H,9-12H2,1H3.